The highest BCUT2D eigenvalue weighted by atomic mass is 19.4. The molecule has 1 saturated carbocycles. The maximum atomic E-state index is 12.8. The van der Waals surface area contributed by atoms with Crippen LogP contribution in [0.15, 0.2) is 55.1 Å². The van der Waals surface area contributed by atoms with Gasteiger partial charge in [0, 0.05) is 41.3 Å². The van der Waals surface area contributed by atoms with Crippen molar-refractivity contribution in [1.82, 2.24) is 24.9 Å². The maximum absolute atomic E-state index is 12.8. The van der Waals surface area contributed by atoms with E-state index >= 15 is 0 Å². The number of rotatable bonds is 8. The Balaban J connectivity index is 1.31. The number of aromatic nitrogens is 5. The zero-order valence-corrected chi connectivity index (χ0v) is 20.1. The van der Waals surface area contributed by atoms with E-state index in [2.05, 4.69) is 29.7 Å². The number of aromatic amines is 1. The van der Waals surface area contributed by atoms with Gasteiger partial charge in [-0.15, -0.1) is 13.2 Å². The number of alkyl halides is 3. The number of H-pyrrole nitrogens is 1. The number of nitrogens with zero attached hydrogens (tertiary/aromatic N) is 4. The molecular formula is C26H22F3N5O4. The number of aliphatic carboxylic acids is 1. The molecule has 0 atom stereocenters. The van der Waals surface area contributed by atoms with Gasteiger partial charge in [0.1, 0.15) is 17.8 Å². The minimum Gasteiger partial charge on any atom is -0.481 e. The predicted molar refractivity (Wildman–Crippen MR) is 129 cm³/mol. The summed E-state index contributed by atoms with van der Waals surface area (Å²) < 4.78 is 48.1. The molecule has 5 rings (SSSR count). The van der Waals surface area contributed by atoms with Crippen molar-refractivity contribution in [2.75, 3.05) is 6.61 Å². The van der Waals surface area contributed by atoms with Gasteiger partial charge in [-0.3, -0.25) is 4.79 Å². The van der Waals surface area contributed by atoms with E-state index in [4.69, 9.17) is 4.74 Å². The molecule has 0 saturated heterocycles. The Morgan fingerprint density at radius 3 is 2.42 bits per heavy atom. The highest BCUT2D eigenvalue weighted by molar-refractivity contribution is 5.76. The molecule has 0 bridgehead atoms. The van der Waals surface area contributed by atoms with Crippen molar-refractivity contribution in [2.24, 2.45) is 5.41 Å². The first-order chi connectivity index (χ1) is 18.1. The Kier molecular flexibility index (Phi) is 6.47. The first-order valence-electron chi connectivity index (χ1n) is 11.7. The van der Waals surface area contributed by atoms with Gasteiger partial charge in [-0.05, 0) is 37.5 Å². The van der Waals surface area contributed by atoms with Crippen LogP contribution < -0.4 is 9.47 Å². The Morgan fingerprint density at radius 1 is 1.05 bits per heavy atom. The Morgan fingerprint density at radius 2 is 1.79 bits per heavy atom. The molecule has 1 aliphatic carbocycles. The van der Waals surface area contributed by atoms with Crippen LogP contribution in [-0.2, 0) is 4.79 Å². The molecule has 12 heteroatoms. The lowest BCUT2D eigenvalue weighted by Gasteiger charge is -2.36. The minimum atomic E-state index is -4.83. The highest BCUT2D eigenvalue weighted by Crippen LogP contribution is 2.41. The van der Waals surface area contributed by atoms with Gasteiger partial charge in [-0.1, -0.05) is 18.6 Å². The van der Waals surface area contributed by atoms with E-state index in [-0.39, 0.29) is 29.6 Å². The maximum Gasteiger partial charge on any atom is 0.573 e. The van der Waals surface area contributed by atoms with Crippen LogP contribution in [0.2, 0.25) is 0 Å². The fourth-order valence-corrected chi connectivity index (χ4v) is 4.21. The van der Waals surface area contributed by atoms with E-state index in [1.807, 2.05) is 6.92 Å². The molecule has 0 spiro atoms. The third-order valence-electron chi connectivity index (χ3n) is 6.50. The molecule has 1 aromatic carbocycles. The second-order valence-corrected chi connectivity index (χ2v) is 9.05. The SMILES string of the molecule is Cc1cc(OCC2(C(=O)O)CCC2)ncc1-c1cnc(-c2ncc(-c3ccccc3OC(F)(F)F)[nH]2)nc1. The van der Waals surface area contributed by atoms with Gasteiger partial charge < -0.3 is 19.6 Å². The summed E-state index contributed by atoms with van der Waals surface area (Å²) in [4.78, 5) is 31.7. The van der Waals surface area contributed by atoms with Crippen LogP contribution in [0, 0.1) is 12.3 Å². The van der Waals surface area contributed by atoms with Crippen molar-refractivity contribution < 1.29 is 32.5 Å². The Bertz CT molecular complexity index is 1470. The Hall–Kier alpha value is -4.48. The van der Waals surface area contributed by atoms with E-state index in [1.165, 1.54) is 24.4 Å². The lowest BCUT2D eigenvalue weighted by Crippen LogP contribution is -2.43. The number of aryl methyl sites for hydroxylation is 1. The van der Waals surface area contributed by atoms with Crippen LogP contribution in [-0.4, -0.2) is 49.0 Å². The summed E-state index contributed by atoms with van der Waals surface area (Å²) in [6.45, 7) is 1.94. The van der Waals surface area contributed by atoms with E-state index < -0.39 is 17.7 Å². The second-order valence-electron chi connectivity index (χ2n) is 9.05. The quantitative estimate of drug-likeness (QED) is 0.312. The predicted octanol–water partition coefficient (Wildman–Crippen LogP) is 5.44. The van der Waals surface area contributed by atoms with Gasteiger partial charge in [0.05, 0.1) is 11.9 Å². The minimum absolute atomic E-state index is 0.0733. The average molecular weight is 525 g/mol. The van der Waals surface area contributed by atoms with E-state index in [0.29, 0.717) is 30.0 Å². The summed E-state index contributed by atoms with van der Waals surface area (Å²) in [5.74, 6) is -0.340. The first kappa shape index (κ1) is 25.2. The zero-order chi connectivity index (χ0) is 26.9. The molecule has 38 heavy (non-hydrogen) atoms. The first-order valence-corrected chi connectivity index (χ1v) is 11.7. The van der Waals surface area contributed by atoms with Crippen molar-refractivity contribution in [3.05, 3.63) is 60.7 Å². The van der Waals surface area contributed by atoms with Crippen molar-refractivity contribution in [3.8, 4) is 45.7 Å². The van der Waals surface area contributed by atoms with Crippen LogP contribution in [0.3, 0.4) is 0 Å². The van der Waals surface area contributed by atoms with Gasteiger partial charge in [0.2, 0.25) is 5.88 Å². The molecule has 3 aromatic heterocycles. The number of benzene rings is 1. The van der Waals surface area contributed by atoms with Crippen LogP contribution in [0.5, 0.6) is 11.6 Å². The fourth-order valence-electron chi connectivity index (χ4n) is 4.21. The molecule has 0 radical (unpaired) electrons. The summed E-state index contributed by atoms with van der Waals surface area (Å²) in [5, 5.41) is 9.46. The highest BCUT2D eigenvalue weighted by Gasteiger charge is 2.45. The standard InChI is InChI=1S/C26H22F3N5O4/c1-15-9-21(37-14-25(24(35)36)7-4-8-25)30-12-18(15)16-10-31-22(32-11-16)23-33-13-19(34-23)17-5-2-3-6-20(17)38-26(27,28)29/h2-3,5-6,9-13H,4,7-8,14H2,1H3,(H,33,34)(H,35,36). The fraction of sp³-hybridized carbons (Fsp3) is 0.269. The Labute approximate surface area is 214 Å². The summed E-state index contributed by atoms with van der Waals surface area (Å²) in [5.41, 5.74) is 1.95. The third-order valence-corrected chi connectivity index (χ3v) is 6.50. The van der Waals surface area contributed by atoms with Crippen molar-refractivity contribution in [2.45, 2.75) is 32.5 Å². The van der Waals surface area contributed by atoms with Crippen LogP contribution >= 0.6 is 0 Å². The van der Waals surface area contributed by atoms with Crippen molar-refractivity contribution in [1.29, 1.82) is 0 Å². The van der Waals surface area contributed by atoms with Gasteiger partial charge in [0.25, 0.3) is 0 Å². The molecule has 1 aliphatic rings. The van der Waals surface area contributed by atoms with Gasteiger partial charge in [0.15, 0.2) is 11.6 Å². The van der Waals surface area contributed by atoms with E-state index in [9.17, 15) is 23.1 Å². The number of imidazole rings is 1. The molecule has 0 aliphatic heterocycles. The molecular weight excluding hydrogens is 503 g/mol. The van der Waals surface area contributed by atoms with Crippen LogP contribution in [0.4, 0.5) is 13.2 Å². The topological polar surface area (TPSA) is 123 Å². The number of halogens is 3. The molecule has 0 amide bonds. The molecule has 2 N–H and O–H groups in total. The molecule has 9 nitrogen and oxygen atoms in total. The molecule has 3 heterocycles. The molecule has 0 unspecified atom stereocenters. The lowest BCUT2D eigenvalue weighted by molar-refractivity contribution is -0.274. The summed E-state index contributed by atoms with van der Waals surface area (Å²) in [6, 6.07) is 7.48. The number of nitrogens with one attached hydrogen (secondary N) is 1. The average Bonchev–Trinajstić information content (AvgIpc) is 3.33. The summed E-state index contributed by atoms with van der Waals surface area (Å²) in [6.07, 6.45) is 3.40. The number of hydrogen-bond acceptors (Lipinski definition) is 7. The number of carboxylic acid groups (broad SMARTS) is 1. The summed E-state index contributed by atoms with van der Waals surface area (Å²) in [7, 11) is 0. The summed E-state index contributed by atoms with van der Waals surface area (Å²) >= 11 is 0. The van der Waals surface area contributed by atoms with E-state index in [1.54, 1.807) is 30.7 Å². The monoisotopic (exact) mass is 525 g/mol. The number of para-hydroxylation sites is 1. The second kappa shape index (κ2) is 9.77. The zero-order valence-electron chi connectivity index (χ0n) is 20.1. The normalized spacial score (nSPS) is 14.5. The largest absolute Gasteiger partial charge is 0.573 e. The van der Waals surface area contributed by atoms with Crippen LogP contribution in [0.25, 0.3) is 34.0 Å². The van der Waals surface area contributed by atoms with Gasteiger partial charge in [-0.2, -0.15) is 0 Å². The van der Waals surface area contributed by atoms with Crippen molar-refractivity contribution >= 4 is 5.97 Å². The number of ether oxygens (including phenoxy) is 2. The van der Waals surface area contributed by atoms with Gasteiger partial charge in [-0.25, -0.2) is 19.9 Å². The van der Waals surface area contributed by atoms with Crippen LogP contribution in [0.1, 0.15) is 24.8 Å². The number of carboxylic acids is 1. The van der Waals surface area contributed by atoms with Crippen molar-refractivity contribution in [3.63, 3.8) is 0 Å². The number of carbonyl (C=O) groups is 1. The molecule has 4 aromatic rings. The van der Waals surface area contributed by atoms with Gasteiger partial charge >= 0.3 is 12.3 Å². The lowest BCUT2D eigenvalue weighted by atomic mass is 9.69. The number of hydrogen-bond donors (Lipinski definition) is 2. The molecule has 196 valence electrons. The third kappa shape index (κ3) is 5.15. The van der Waals surface area contributed by atoms with E-state index in [0.717, 1.165) is 17.5 Å². The smallest absolute Gasteiger partial charge is 0.481 e. The molecule has 1 fully saturated rings. The number of pyridine rings is 1.